The van der Waals surface area contributed by atoms with Gasteiger partial charge in [0.25, 0.3) is 0 Å². The van der Waals surface area contributed by atoms with E-state index in [4.69, 9.17) is 10.5 Å². The Kier molecular flexibility index (Phi) is 4.16. The van der Waals surface area contributed by atoms with Gasteiger partial charge in [-0.05, 0) is 43.7 Å². The van der Waals surface area contributed by atoms with Crippen LogP contribution in [-0.2, 0) is 4.79 Å². The van der Waals surface area contributed by atoms with Crippen molar-refractivity contribution in [3.63, 3.8) is 0 Å². The number of likely N-dealkylation sites (tertiary alicyclic amines) is 1. The van der Waals surface area contributed by atoms with Crippen LogP contribution in [0, 0.1) is 0 Å². The summed E-state index contributed by atoms with van der Waals surface area (Å²) in [5, 5.41) is 0. The van der Waals surface area contributed by atoms with Crippen molar-refractivity contribution in [2.24, 2.45) is 5.73 Å². The van der Waals surface area contributed by atoms with Crippen LogP contribution in [0.25, 0.3) is 0 Å². The summed E-state index contributed by atoms with van der Waals surface area (Å²) in [5.41, 5.74) is 5.95. The molecule has 0 aliphatic carbocycles. The summed E-state index contributed by atoms with van der Waals surface area (Å²) in [6, 6.07) is 6.67. The lowest BCUT2D eigenvalue weighted by Crippen LogP contribution is -2.42. The standard InChI is InChI=1S/C14H18N2O3/c1-19-11-6-4-10(5-7-11)13(17)9-16-8-2-3-12(16)14(15)18/h4-7,12H,2-3,8-9H2,1H3,(H2,15,18). The molecule has 5 heteroatoms. The molecular formula is C14H18N2O3. The molecular weight excluding hydrogens is 244 g/mol. The number of amides is 1. The third-order valence-electron chi connectivity index (χ3n) is 3.45. The van der Waals surface area contributed by atoms with Gasteiger partial charge in [0.05, 0.1) is 19.7 Å². The van der Waals surface area contributed by atoms with Gasteiger partial charge in [0.1, 0.15) is 5.75 Å². The van der Waals surface area contributed by atoms with Crippen LogP contribution in [0.4, 0.5) is 0 Å². The average Bonchev–Trinajstić information content (AvgIpc) is 2.87. The predicted octanol–water partition coefficient (Wildman–Crippen LogP) is 0.828. The van der Waals surface area contributed by atoms with Crippen LogP contribution in [0.3, 0.4) is 0 Å². The fourth-order valence-corrected chi connectivity index (χ4v) is 2.39. The second-order valence-corrected chi connectivity index (χ2v) is 4.68. The van der Waals surface area contributed by atoms with E-state index in [-0.39, 0.29) is 24.3 Å². The third-order valence-corrected chi connectivity index (χ3v) is 3.45. The number of primary amides is 1. The molecule has 1 heterocycles. The van der Waals surface area contributed by atoms with Gasteiger partial charge in [0, 0.05) is 5.56 Å². The van der Waals surface area contributed by atoms with Crippen LogP contribution in [-0.4, -0.2) is 42.8 Å². The first kappa shape index (κ1) is 13.5. The van der Waals surface area contributed by atoms with E-state index in [1.165, 1.54) is 0 Å². The minimum Gasteiger partial charge on any atom is -0.497 e. The third kappa shape index (κ3) is 3.12. The van der Waals surface area contributed by atoms with Gasteiger partial charge in [-0.25, -0.2) is 0 Å². The number of ether oxygens (including phenoxy) is 1. The van der Waals surface area contributed by atoms with Gasteiger partial charge in [-0.3, -0.25) is 14.5 Å². The Hall–Kier alpha value is -1.88. The summed E-state index contributed by atoms with van der Waals surface area (Å²) in [6.07, 6.45) is 1.65. The SMILES string of the molecule is COc1ccc(C(=O)CN2CCCC2C(N)=O)cc1. The molecule has 1 saturated heterocycles. The van der Waals surface area contributed by atoms with Gasteiger partial charge in [-0.1, -0.05) is 0 Å². The van der Waals surface area contributed by atoms with E-state index in [9.17, 15) is 9.59 Å². The molecule has 1 aliphatic rings. The topological polar surface area (TPSA) is 72.6 Å². The molecule has 1 aromatic rings. The first-order valence-corrected chi connectivity index (χ1v) is 6.32. The van der Waals surface area contributed by atoms with E-state index in [0.717, 1.165) is 19.4 Å². The van der Waals surface area contributed by atoms with Crippen LogP contribution in [0.1, 0.15) is 23.2 Å². The Morgan fingerprint density at radius 3 is 2.63 bits per heavy atom. The van der Waals surface area contributed by atoms with E-state index in [1.807, 2.05) is 4.90 Å². The largest absolute Gasteiger partial charge is 0.497 e. The highest BCUT2D eigenvalue weighted by Gasteiger charge is 2.30. The van der Waals surface area contributed by atoms with Crippen LogP contribution < -0.4 is 10.5 Å². The smallest absolute Gasteiger partial charge is 0.234 e. The molecule has 0 bridgehead atoms. The maximum Gasteiger partial charge on any atom is 0.234 e. The zero-order chi connectivity index (χ0) is 13.8. The molecule has 0 spiro atoms. The Morgan fingerprint density at radius 1 is 1.37 bits per heavy atom. The Balaban J connectivity index is 2.01. The van der Waals surface area contributed by atoms with Crippen molar-refractivity contribution in [2.45, 2.75) is 18.9 Å². The number of carbonyl (C=O) groups is 2. The number of ketones is 1. The normalized spacial score (nSPS) is 19.3. The number of benzene rings is 1. The summed E-state index contributed by atoms with van der Waals surface area (Å²) in [6.45, 7) is 0.982. The average molecular weight is 262 g/mol. The summed E-state index contributed by atoms with van der Waals surface area (Å²) >= 11 is 0. The Bertz CT molecular complexity index is 470. The monoisotopic (exact) mass is 262 g/mol. The van der Waals surface area contributed by atoms with E-state index < -0.39 is 0 Å². The minimum absolute atomic E-state index is 0.00389. The molecule has 0 saturated carbocycles. The molecule has 102 valence electrons. The number of carbonyl (C=O) groups excluding carboxylic acids is 2. The van der Waals surface area contributed by atoms with Crippen LogP contribution in [0.5, 0.6) is 5.75 Å². The quantitative estimate of drug-likeness (QED) is 0.798. The fourth-order valence-electron chi connectivity index (χ4n) is 2.39. The molecule has 0 aromatic heterocycles. The van der Waals surface area contributed by atoms with Gasteiger partial charge < -0.3 is 10.5 Å². The number of rotatable bonds is 5. The lowest BCUT2D eigenvalue weighted by Gasteiger charge is -2.20. The van der Waals surface area contributed by atoms with Crippen molar-refractivity contribution in [3.05, 3.63) is 29.8 Å². The van der Waals surface area contributed by atoms with Crippen molar-refractivity contribution >= 4 is 11.7 Å². The Labute approximate surface area is 112 Å². The van der Waals surface area contributed by atoms with Crippen molar-refractivity contribution in [2.75, 3.05) is 20.2 Å². The summed E-state index contributed by atoms with van der Waals surface area (Å²) in [7, 11) is 1.58. The summed E-state index contributed by atoms with van der Waals surface area (Å²) < 4.78 is 5.05. The molecule has 1 amide bonds. The van der Waals surface area contributed by atoms with E-state index in [0.29, 0.717) is 11.3 Å². The van der Waals surface area contributed by atoms with Gasteiger partial charge in [-0.2, -0.15) is 0 Å². The number of hydrogen-bond acceptors (Lipinski definition) is 4. The molecule has 2 N–H and O–H groups in total. The molecule has 1 unspecified atom stereocenters. The molecule has 1 fully saturated rings. The lowest BCUT2D eigenvalue weighted by atomic mass is 10.1. The first-order valence-electron chi connectivity index (χ1n) is 6.32. The van der Waals surface area contributed by atoms with E-state index in [2.05, 4.69) is 0 Å². The second kappa shape index (κ2) is 5.84. The van der Waals surface area contributed by atoms with Crippen LogP contribution in [0.2, 0.25) is 0 Å². The number of hydrogen-bond donors (Lipinski definition) is 1. The fraction of sp³-hybridized carbons (Fsp3) is 0.429. The van der Waals surface area contributed by atoms with Gasteiger partial charge in [0.2, 0.25) is 5.91 Å². The lowest BCUT2D eigenvalue weighted by molar-refractivity contribution is -0.122. The molecule has 2 rings (SSSR count). The van der Waals surface area contributed by atoms with E-state index in [1.54, 1.807) is 31.4 Å². The first-order chi connectivity index (χ1) is 9.11. The number of nitrogens with two attached hydrogens (primary N) is 1. The number of methoxy groups -OCH3 is 1. The molecule has 0 radical (unpaired) electrons. The zero-order valence-electron chi connectivity index (χ0n) is 11.0. The molecule has 19 heavy (non-hydrogen) atoms. The van der Waals surface area contributed by atoms with Crippen molar-refractivity contribution < 1.29 is 14.3 Å². The second-order valence-electron chi connectivity index (χ2n) is 4.68. The van der Waals surface area contributed by atoms with Gasteiger partial charge >= 0.3 is 0 Å². The minimum atomic E-state index is -0.347. The summed E-state index contributed by atoms with van der Waals surface area (Å²) in [4.78, 5) is 25.3. The van der Waals surface area contributed by atoms with Crippen LogP contribution in [0.15, 0.2) is 24.3 Å². The molecule has 1 aliphatic heterocycles. The molecule has 1 atom stereocenters. The summed E-state index contributed by atoms with van der Waals surface area (Å²) in [5.74, 6) is 0.364. The maximum atomic E-state index is 12.1. The highest BCUT2D eigenvalue weighted by molar-refractivity contribution is 5.98. The predicted molar refractivity (Wildman–Crippen MR) is 71.1 cm³/mol. The maximum absolute atomic E-state index is 12.1. The van der Waals surface area contributed by atoms with Crippen molar-refractivity contribution in [1.29, 1.82) is 0 Å². The van der Waals surface area contributed by atoms with Gasteiger partial charge in [0.15, 0.2) is 5.78 Å². The number of nitrogens with zero attached hydrogens (tertiary/aromatic N) is 1. The highest BCUT2D eigenvalue weighted by Crippen LogP contribution is 2.18. The zero-order valence-corrected chi connectivity index (χ0v) is 11.0. The van der Waals surface area contributed by atoms with E-state index >= 15 is 0 Å². The van der Waals surface area contributed by atoms with Crippen LogP contribution >= 0.6 is 0 Å². The molecule has 5 nitrogen and oxygen atoms in total. The van der Waals surface area contributed by atoms with Gasteiger partial charge in [-0.15, -0.1) is 0 Å². The highest BCUT2D eigenvalue weighted by atomic mass is 16.5. The Morgan fingerprint density at radius 2 is 2.05 bits per heavy atom. The molecule has 1 aromatic carbocycles. The van der Waals surface area contributed by atoms with Crippen molar-refractivity contribution in [1.82, 2.24) is 4.90 Å². The van der Waals surface area contributed by atoms with Crippen molar-refractivity contribution in [3.8, 4) is 5.75 Å². The number of Topliss-reactive ketones (excluding diaryl/α,β-unsaturated/α-hetero) is 1.